The van der Waals surface area contributed by atoms with E-state index in [1.807, 2.05) is 13.8 Å². The van der Waals surface area contributed by atoms with E-state index in [0.717, 1.165) is 19.3 Å². The van der Waals surface area contributed by atoms with Crippen molar-refractivity contribution in [3.05, 3.63) is 23.3 Å². The number of Topliss-reactive ketones (excluding diaryl/α,β-unsaturated/α-hetero) is 1. The van der Waals surface area contributed by atoms with E-state index >= 15 is 4.79 Å². The van der Waals surface area contributed by atoms with Crippen LogP contribution in [-0.4, -0.2) is 65.8 Å². The Morgan fingerprint density at radius 2 is 1.35 bits per heavy atom. The van der Waals surface area contributed by atoms with E-state index in [9.17, 15) is 24.3 Å². The molecule has 2 saturated carbocycles. The molecule has 0 unspecified atom stereocenters. The molecule has 4 aliphatic carbocycles. The van der Waals surface area contributed by atoms with Gasteiger partial charge in [0.1, 0.15) is 6.61 Å². The van der Waals surface area contributed by atoms with Crippen molar-refractivity contribution in [1.82, 2.24) is 0 Å². The highest BCUT2D eigenvalue weighted by molar-refractivity contribution is 5.95. The minimum Gasteiger partial charge on any atom is -0.465 e. The van der Waals surface area contributed by atoms with E-state index in [1.165, 1.54) is 78.6 Å². The number of allylic oxidation sites excluding steroid dienone is 1. The fourth-order valence-electron chi connectivity index (χ4n) is 9.87. The predicted octanol–water partition coefficient (Wildman–Crippen LogP) is 7.53. The number of rotatable bonds is 20. The number of hydrogen-bond donors (Lipinski definition) is 1. The summed E-state index contributed by atoms with van der Waals surface area (Å²) in [7, 11) is 0. The molecule has 0 aromatic heterocycles. The van der Waals surface area contributed by atoms with Crippen molar-refractivity contribution in [3.63, 3.8) is 0 Å². The number of esters is 4. The number of carbonyl (C=O) groups excluding carboxylic acids is 5. The molecule has 4 aliphatic rings. The Kier molecular flexibility index (Phi) is 14.4. The smallest absolute Gasteiger partial charge is 0.306 e. The molecule has 292 valence electrons. The maximum Gasteiger partial charge on any atom is 0.306 e. The van der Waals surface area contributed by atoms with Crippen molar-refractivity contribution in [3.8, 4) is 0 Å². The van der Waals surface area contributed by atoms with Gasteiger partial charge in [0, 0.05) is 44.1 Å². The number of unbranched alkanes of at least 4 members (excludes halogenated alkanes) is 12. The van der Waals surface area contributed by atoms with Crippen LogP contribution in [0.15, 0.2) is 23.3 Å². The fourth-order valence-corrected chi connectivity index (χ4v) is 9.87. The van der Waals surface area contributed by atoms with E-state index in [0.29, 0.717) is 18.4 Å². The molecular formula is C42H64O10. The summed E-state index contributed by atoms with van der Waals surface area (Å²) in [5.41, 5.74) is -3.52. The van der Waals surface area contributed by atoms with Gasteiger partial charge in [0.05, 0.1) is 12.0 Å². The minimum absolute atomic E-state index is 0.0122. The number of hydrogen-bond acceptors (Lipinski definition) is 10. The number of ketones is 1. The molecule has 10 heteroatoms. The maximum absolute atomic E-state index is 15.0. The molecule has 0 aromatic carbocycles. The average Bonchev–Trinajstić information content (AvgIpc) is 3.62. The first kappa shape index (κ1) is 41.7. The maximum atomic E-state index is 15.0. The highest BCUT2D eigenvalue weighted by Crippen LogP contribution is 2.72. The van der Waals surface area contributed by atoms with Gasteiger partial charge in [-0.3, -0.25) is 24.0 Å². The van der Waals surface area contributed by atoms with Crippen molar-refractivity contribution in [2.24, 2.45) is 34.5 Å². The molecule has 1 N–H and O–H groups in total. The summed E-state index contributed by atoms with van der Waals surface area (Å²) in [5, 5.41) is 13.0. The number of carbonyl (C=O) groups is 5. The van der Waals surface area contributed by atoms with Crippen LogP contribution >= 0.6 is 0 Å². The Balaban J connectivity index is 1.49. The summed E-state index contributed by atoms with van der Waals surface area (Å²) in [6.07, 6.45) is 16.9. The third-order valence-electron chi connectivity index (χ3n) is 12.5. The van der Waals surface area contributed by atoms with Gasteiger partial charge in [0.2, 0.25) is 0 Å². The van der Waals surface area contributed by atoms with Crippen molar-refractivity contribution in [1.29, 1.82) is 0 Å². The SMILES string of the molecule is CCCCCCCCCCCCCCCC(=O)OCC1=C[C@@H]2C(=O)[C@]3(C=C(C)[C@H](OC(C)=O)[C@@]3(O)[C@@H]1OC(C)=O)[C@H](C)C[C@@H]1[C@H]2[C@]1(C)COC(C)=O. The Morgan fingerprint density at radius 3 is 1.88 bits per heavy atom. The van der Waals surface area contributed by atoms with E-state index in [-0.39, 0.29) is 42.8 Å². The van der Waals surface area contributed by atoms with Crippen LogP contribution in [0.3, 0.4) is 0 Å². The standard InChI is InChI=1S/C42H64O10/c1-8-9-10-11-12-13-14-15-16-17-18-19-20-21-35(46)49-25-32-23-33-36-34(40(36,7)26-50-29(4)43)22-28(3)41(37(33)47)24-27(2)38(51-30(5)44)42(41,48)39(32)52-31(6)45/h23-24,28,33-34,36,38-39,48H,8-22,25-26H2,1-7H3/t28-,33+,34-,36+,38+,39-,40-,41+,42-/m1/s1. The van der Waals surface area contributed by atoms with Crippen LogP contribution in [0.2, 0.25) is 0 Å². The molecule has 10 nitrogen and oxygen atoms in total. The van der Waals surface area contributed by atoms with Crippen LogP contribution in [0.1, 0.15) is 145 Å². The third-order valence-corrected chi connectivity index (χ3v) is 12.5. The van der Waals surface area contributed by atoms with E-state index in [2.05, 4.69) is 6.92 Å². The number of fused-ring (bicyclic) bond motifs is 3. The molecule has 9 atom stereocenters. The molecule has 0 saturated heterocycles. The lowest BCUT2D eigenvalue weighted by Crippen LogP contribution is -2.66. The largest absolute Gasteiger partial charge is 0.465 e. The second-order valence-electron chi connectivity index (χ2n) is 16.4. The number of ether oxygens (including phenoxy) is 4. The van der Waals surface area contributed by atoms with Gasteiger partial charge in [-0.25, -0.2) is 0 Å². The van der Waals surface area contributed by atoms with Gasteiger partial charge in [0.15, 0.2) is 23.6 Å². The average molecular weight is 729 g/mol. The van der Waals surface area contributed by atoms with Gasteiger partial charge in [-0.15, -0.1) is 0 Å². The van der Waals surface area contributed by atoms with Crippen LogP contribution in [0, 0.1) is 34.5 Å². The van der Waals surface area contributed by atoms with E-state index in [4.69, 9.17) is 18.9 Å². The van der Waals surface area contributed by atoms with Gasteiger partial charge in [0.25, 0.3) is 0 Å². The summed E-state index contributed by atoms with van der Waals surface area (Å²) in [4.78, 5) is 65.1. The van der Waals surface area contributed by atoms with Crippen LogP contribution in [0.5, 0.6) is 0 Å². The fraction of sp³-hybridized carbons (Fsp3) is 0.786. The van der Waals surface area contributed by atoms with Crippen LogP contribution in [-0.2, 0) is 42.9 Å². The van der Waals surface area contributed by atoms with E-state index in [1.54, 1.807) is 19.1 Å². The molecule has 2 bridgehead atoms. The molecule has 1 spiro atoms. The lowest BCUT2D eigenvalue weighted by atomic mass is 9.59. The highest BCUT2D eigenvalue weighted by atomic mass is 16.6. The zero-order valence-corrected chi connectivity index (χ0v) is 32.8. The topological polar surface area (TPSA) is 143 Å². The first-order valence-electron chi connectivity index (χ1n) is 19.9. The van der Waals surface area contributed by atoms with Gasteiger partial charge >= 0.3 is 23.9 Å². The Hall–Kier alpha value is -3.01. The quantitative estimate of drug-likeness (QED) is 0.0579. The molecule has 0 aromatic rings. The van der Waals surface area contributed by atoms with Crippen molar-refractivity contribution in [2.45, 2.75) is 163 Å². The molecule has 52 heavy (non-hydrogen) atoms. The zero-order valence-electron chi connectivity index (χ0n) is 32.8. The molecule has 0 radical (unpaired) electrons. The lowest BCUT2D eigenvalue weighted by Gasteiger charge is -2.49. The van der Waals surface area contributed by atoms with Crippen molar-refractivity contribution < 1.29 is 48.0 Å². The summed E-state index contributed by atoms with van der Waals surface area (Å²) < 4.78 is 22.9. The van der Waals surface area contributed by atoms with E-state index < -0.39 is 64.4 Å². The molecule has 0 aliphatic heterocycles. The first-order chi connectivity index (χ1) is 24.6. The predicted molar refractivity (Wildman–Crippen MR) is 196 cm³/mol. The number of aliphatic hydroxyl groups is 1. The first-order valence-corrected chi connectivity index (χ1v) is 19.9. The minimum atomic E-state index is -2.20. The second kappa shape index (κ2) is 17.9. The normalized spacial score (nSPS) is 33.0. The zero-order chi connectivity index (χ0) is 38.3. The summed E-state index contributed by atoms with van der Waals surface area (Å²) in [6, 6.07) is 0. The van der Waals surface area contributed by atoms with Gasteiger partial charge in [-0.05, 0) is 43.1 Å². The van der Waals surface area contributed by atoms with Crippen molar-refractivity contribution >= 4 is 29.7 Å². The monoisotopic (exact) mass is 728 g/mol. The summed E-state index contributed by atoms with van der Waals surface area (Å²) in [5.74, 6) is -3.96. The molecule has 2 fully saturated rings. The summed E-state index contributed by atoms with van der Waals surface area (Å²) in [6.45, 7) is 11.5. The van der Waals surface area contributed by atoms with Gasteiger partial charge < -0.3 is 24.1 Å². The summed E-state index contributed by atoms with van der Waals surface area (Å²) >= 11 is 0. The Morgan fingerprint density at radius 1 is 0.808 bits per heavy atom. The van der Waals surface area contributed by atoms with Crippen molar-refractivity contribution in [2.75, 3.05) is 13.2 Å². The van der Waals surface area contributed by atoms with Crippen LogP contribution < -0.4 is 0 Å². The Bertz CT molecular complexity index is 1380. The van der Waals surface area contributed by atoms with Gasteiger partial charge in [-0.2, -0.15) is 0 Å². The van der Waals surface area contributed by atoms with Crippen LogP contribution in [0.25, 0.3) is 0 Å². The molecule has 0 amide bonds. The molecular weight excluding hydrogens is 664 g/mol. The highest BCUT2D eigenvalue weighted by Gasteiger charge is 2.78. The second-order valence-corrected chi connectivity index (χ2v) is 16.4. The lowest BCUT2D eigenvalue weighted by molar-refractivity contribution is -0.211. The Labute approximate surface area is 310 Å². The third kappa shape index (κ3) is 8.68. The van der Waals surface area contributed by atoms with Crippen LogP contribution in [0.4, 0.5) is 0 Å². The molecule has 0 heterocycles. The molecule has 4 rings (SSSR count). The van der Waals surface area contributed by atoms with Gasteiger partial charge in [-0.1, -0.05) is 110 Å².